The van der Waals surface area contributed by atoms with E-state index in [0.717, 1.165) is 31.2 Å². The Balaban J connectivity index is 1.62. The molecule has 170 valence electrons. The van der Waals surface area contributed by atoms with Crippen molar-refractivity contribution in [3.63, 3.8) is 0 Å². The maximum atomic E-state index is 13.5. The molecule has 3 aromatic carbocycles. The van der Waals surface area contributed by atoms with Crippen LogP contribution in [0.3, 0.4) is 0 Å². The molecule has 0 bridgehead atoms. The molecule has 0 spiro atoms. The molecule has 0 N–H and O–H groups in total. The van der Waals surface area contributed by atoms with Crippen molar-refractivity contribution in [1.29, 1.82) is 0 Å². The summed E-state index contributed by atoms with van der Waals surface area (Å²) in [6.45, 7) is 0. The predicted molar refractivity (Wildman–Crippen MR) is 129 cm³/mol. The van der Waals surface area contributed by atoms with E-state index in [-0.39, 0.29) is 28.7 Å². The van der Waals surface area contributed by atoms with Gasteiger partial charge in [-0.3, -0.25) is 14.9 Å². The van der Waals surface area contributed by atoms with Crippen LogP contribution in [0.4, 0.5) is 5.69 Å². The molecule has 0 amide bonds. The molecular weight excluding hydrogens is 438 g/mol. The first-order valence-corrected chi connectivity index (χ1v) is 11.6. The number of hydrogen-bond donors (Lipinski definition) is 0. The number of esters is 1. The van der Waals surface area contributed by atoms with Crippen LogP contribution in [0.1, 0.15) is 54.2 Å². The van der Waals surface area contributed by atoms with Crippen LogP contribution in [0.5, 0.6) is 0 Å². The molecule has 0 saturated heterocycles. The van der Waals surface area contributed by atoms with E-state index < -0.39 is 10.8 Å². The van der Waals surface area contributed by atoms with Gasteiger partial charge in [-0.05, 0) is 48.4 Å². The molecule has 0 aliphatic heterocycles. The highest BCUT2D eigenvalue weighted by Crippen LogP contribution is 2.37. The smallest absolute Gasteiger partial charge is 0.314 e. The summed E-state index contributed by atoms with van der Waals surface area (Å²) in [5.41, 5.74) is 2.59. The summed E-state index contributed by atoms with van der Waals surface area (Å²) >= 11 is 6.43. The van der Waals surface area contributed by atoms with Crippen molar-refractivity contribution in [3.05, 3.63) is 111 Å². The number of carbonyl (C=O) groups excluding carboxylic acids is 1. The summed E-state index contributed by atoms with van der Waals surface area (Å²) in [4.78, 5) is 24.2. The molecule has 3 atom stereocenters. The van der Waals surface area contributed by atoms with Crippen LogP contribution in [0.2, 0.25) is 5.02 Å². The van der Waals surface area contributed by atoms with E-state index in [1.54, 1.807) is 6.07 Å². The van der Waals surface area contributed by atoms with Gasteiger partial charge in [-0.15, -0.1) is 0 Å². The molecule has 0 aromatic heterocycles. The Kier molecular flexibility index (Phi) is 7.40. The van der Waals surface area contributed by atoms with E-state index in [1.807, 2.05) is 48.5 Å². The van der Waals surface area contributed by atoms with Crippen molar-refractivity contribution in [2.24, 2.45) is 0 Å². The van der Waals surface area contributed by atoms with E-state index >= 15 is 0 Å². The number of carbonyl (C=O) groups is 1. The number of nitro groups is 1. The molecule has 1 aliphatic carbocycles. The van der Waals surface area contributed by atoms with Crippen molar-refractivity contribution >= 4 is 23.3 Å². The minimum atomic E-state index is -0.654. The van der Waals surface area contributed by atoms with Crippen molar-refractivity contribution in [3.8, 4) is 0 Å². The number of benzene rings is 3. The molecule has 0 radical (unpaired) electrons. The fourth-order valence-electron chi connectivity index (χ4n) is 4.63. The second kappa shape index (κ2) is 10.6. The largest absolute Gasteiger partial charge is 0.461 e. The van der Waals surface area contributed by atoms with Gasteiger partial charge in [0, 0.05) is 18.1 Å². The van der Waals surface area contributed by atoms with Gasteiger partial charge >= 0.3 is 5.97 Å². The number of nitrogens with zero attached hydrogens (tertiary/aromatic N) is 1. The number of non-ortho nitro benzene ring substituents is 1. The summed E-state index contributed by atoms with van der Waals surface area (Å²) < 4.78 is 6.15. The first-order valence-electron chi connectivity index (χ1n) is 11.3. The Morgan fingerprint density at radius 3 is 2.33 bits per heavy atom. The third-order valence-electron chi connectivity index (χ3n) is 6.34. The summed E-state index contributed by atoms with van der Waals surface area (Å²) in [5, 5.41) is 11.3. The maximum Gasteiger partial charge on any atom is 0.314 e. The Morgan fingerprint density at radius 1 is 1.00 bits per heavy atom. The molecule has 0 heterocycles. The van der Waals surface area contributed by atoms with Crippen molar-refractivity contribution in [2.75, 3.05) is 0 Å². The molecule has 6 heteroatoms. The minimum Gasteiger partial charge on any atom is -0.461 e. The lowest BCUT2D eigenvalue weighted by Crippen LogP contribution is -2.31. The number of rotatable bonds is 7. The summed E-state index contributed by atoms with van der Waals surface area (Å²) in [6.07, 6.45) is 4.11. The zero-order valence-electron chi connectivity index (χ0n) is 18.2. The molecule has 3 aromatic rings. The van der Waals surface area contributed by atoms with E-state index in [9.17, 15) is 14.9 Å². The van der Waals surface area contributed by atoms with Gasteiger partial charge in [0.1, 0.15) is 6.10 Å². The number of hydrogen-bond acceptors (Lipinski definition) is 4. The molecule has 4 rings (SSSR count). The topological polar surface area (TPSA) is 69.4 Å². The lowest BCUT2D eigenvalue weighted by Gasteiger charge is -2.33. The van der Waals surface area contributed by atoms with Crippen molar-refractivity contribution < 1.29 is 14.5 Å². The zero-order valence-corrected chi connectivity index (χ0v) is 19.0. The highest BCUT2D eigenvalue weighted by Gasteiger charge is 2.33. The highest BCUT2D eigenvalue weighted by atomic mass is 35.5. The number of ether oxygens (including phenoxy) is 1. The SMILES string of the molecule is O=C(O[C@@H]1CCCC[C@H]1c1ccccc1)[C@H](Cc1ccccc1)c1ccc([N+](=O)[O-])cc1Cl. The number of halogens is 1. The quantitative estimate of drug-likeness (QED) is 0.218. The Labute approximate surface area is 198 Å². The minimum absolute atomic E-state index is 0.105. The zero-order chi connectivity index (χ0) is 23.2. The van der Waals surface area contributed by atoms with Gasteiger partial charge in [0.25, 0.3) is 5.69 Å². The van der Waals surface area contributed by atoms with E-state index in [0.29, 0.717) is 12.0 Å². The normalized spacial score (nSPS) is 18.9. The number of nitro benzene ring substituents is 1. The summed E-state index contributed by atoms with van der Waals surface area (Å²) in [5.74, 6) is -0.838. The second-order valence-corrected chi connectivity index (χ2v) is 8.89. The van der Waals surface area contributed by atoms with Crippen LogP contribution >= 0.6 is 11.6 Å². The van der Waals surface area contributed by atoms with Crippen LogP contribution < -0.4 is 0 Å². The third kappa shape index (κ3) is 5.60. The highest BCUT2D eigenvalue weighted by molar-refractivity contribution is 6.31. The first-order chi connectivity index (χ1) is 16.0. The van der Waals surface area contributed by atoms with Crippen LogP contribution in [0, 0.1) is 10.1 Å². The van der Waals surface area contributed by atoms with Gasteiger partial charge in [0.05, 0.1) is 15.9 Å². The molecule has 1 aliphatic rings. The first kappa shape index (κ1) is 23.0. The van der Waals surface area contributed by atoms with Crippen LogP contribution in [0.15, 0.2) is 78.9 Å². The van der Waals surface area contributed by atoms with Crippen LogP contribution in [-0.2, 0) is 16.0 Å². The molecule has 0 unspecified atom stereocenters. The third-order valence-corrected chi connectivity index (χ3v) is 6.66. The monoisotopic (exact) mass is 463 g/mol. The Bertz CT molecular complexity index is 1100. The molecule has 33 heavy (non-hydrogen) atoms. The second-order valence-electron chi connectivity index (χ2n) is 8.48. The summed E-state index contributed by atoms with van der Waals surface area (Å²) in [6, 6.07) is 24.1. The molecule has 1 fully saturated rings. The molecular formula is C27H26ClNO4. The summed E-state index contributed by atoms with van der Waals surface area (Å²) in [7, 11) is 0. The average molecular weight is 464 g/mol. The van der Waals surface area contributed by atoms with E-state index in [2.05, 4.69) is 12.1 Å². The average Bonchev–Trinajstić information content (AvgIpc) is 2.84. The van der Waals surface area contributed by atoms with Gasteiger partial charge in [-0.1, -0.05) is 78.7 Å². The standard InChI is InChI=1S/C27H26ClNO4/c28-25-18-21(29(31)32)15-16-23(25)24(17-19-9-3-1-4-10-19)27(30)33-26-14-8-7-13-22(26)20-11-5-2-6-12-20/h1-6,9-12,15-16,18,22,24,26H,7-8,13-14,17H2/t22-,24+,26+/m0/s1. The predicted octanol–water partition coefficient (Wildman–Crippen LogP) is 6.84. The maximum absolute atomic E-state index is 13.5. The van der Waals surface area contributed by atoms with Crippen LogP contribution in [0.25, 0.3) is 0 Å². The Hall–Kier alpha value is -3.18. The lowest BCUT2D eigenvalue weighted by atomic mass is 9.81. The lowest BCUT2D eigenvalue weighted by molar-refractivity contribution is -0.384. The van der Waals surface area contributed by atoms with E-state index in [4.69, 9.17) is 16.3 Å². The van der Waals surface area contributed by atoms with Crippen LogP contribution in [-0.4, -0.2) is 17.0 Å². The molecule has 5 nitrogen and oxygen atoms in total. The van der Waals surface area contributed by atoms with Crippen molar-refractivity contribution in [2.45, 2.75) is 50.0 Å². The fraction of sp³-hybridized carbons (Fsp3) is 0.296. The van der Waals surface area contributed by atoms with Gasteiger partial charge in [0.2, 0.25) is 0 Å². The van der Waals surface area contributed by atoms with E-state index in [1.165, 1.54) is 17.7 Å². The van der Waals surface area contributed by atoms with Gasteiger partial charge in [0.15, 0.2) is 0 Å². The van der Waals surface area contributed by atoms with Gasteiger partial charge in [-0.2, -0.15) is 0 Å². The van der Waals surface area contributed by atoms with Gasteiger partial charge in [-0.25, -0.2) is 0 Å². The Morgan fingerprint density at radius 2 is 1.67 bits per heavy atom. The van der Waals surface area contributed by atoms with Crippen molar-refractivity contribution in [1.82, 2.24) is 0 Å². The molecule has 1 saturated carbocycles. The van der Waals surface area contributed by atoms with Gasteiger partial charge < -0.3 is 4.74 Å². The fourth-order valence-corrected chi connectivity index (χ4v) is 4.94.